The van der Waals surface area contributed by atoms with Gasteiger partial charge in [-0.05, 0) is 51.5 Å². The fraction of sp³-hybridized carbons (Fsp3) is 0.364. The lowest BCUT2D eigenvalue weighted by molar-refractivity contribution is 0.100. The molecule has 3 rings (SSSR count). The number of aliphatic imine (C=N–C) groups is 1. The summed E-state index contributed by atoms with van der Waals surface area (Å²) in [5.74, 6) is -1.13. The SMILES string of the molecule is CCOc1nn(CC)c2ccc(Nc3nc(/N=C(\CC)[C@H](C)N)c(F)cc3C(N)=O)cc12. The van der Waals surface area contributed by atoms with Crippen LogP contribution in [0.4, 0.5) is 21.7 Å². The lowest BCUT2D eigenvalue weighted by Gasteiger charge is -2.13. The fourth-order valence-corrected chi connectivity index (χ4v) is 3.33. The predicted molar refractivity (Wildman–Crippen MR) is 124 cm³/mol. The lowest BCUT2D eigenvalue weighted by Crippen LogP contribution is -2.26. The Morgan fingerprint density at radius 3 is 2.66 bits per heavy atom. The second kappa shape index (κ2) is 9.73. The third-order valence-electron chi connectivity index (χ3n) is 4.92. The Balaban J connectivity index is 2.09. The van der Waals surface area contributed by atoms with Gasteiger partial charge >= 0.3 is 0 Å². The summed E-state index contributed by atoms with van der Waals surface area (Å²) in [6.45, 7) is 8.67. The Labute approximate surface area is 185 Å². The van der Waals surface area contributed by atoms with Crippen LogP contribution < -0.4 is 21.5 Å². The number of ether oxygens (including phenoxy) is 1. The molecule has 32 heavy (non-hydrogen) atoms. The first kappa shape index (κ1) is 23.1. The van der Waals surface area contributed by atoms with Gasteiger partial charge in [-0.15, -0.1) is 5.10 Å². The second-order valence-corrected chi connectivity index (χ2v) is 7.21. The van der Waals surface area contributed by atoms with Gasteiger partial charge in [-0.3, -0.25) is 9.48 Å². The number of aryl methyl sites for hydroxylation is 1. The number of anilines is 2. The lowest BCUT2D eigenvalue weighted by atomic mass is 10.1. The maximum atomic E-state index is 14.6. The summed E-state index contributed by atoms with van der Waals surface area (Å²) in [4.78, 5) is 20.4. The number of nitrogens with one attached hydrogen (secondary N) is 1. The van der Waals surface area contributed by atoms with Gasteiger partial charge in [0.2, 0.25) is 5.88 Å². The van der Waals surface area contributed by atoms with Crippen molar-refractivity contribution in [2.75, 3.05) is 11.9 Å². The Kier molecular flexibility index (Phi) is 7.04. The fourth-order valence-electron chi connectivity index (χ4n) is 3.33. The highest BCUT2D eigenvalue weighted by Gasteiger charge is 2.18. The molecule has 0 fully saturated rings. The first-order valence-corrected chi connectivity index (χ1v) is 10.5. The molecule has 9 nitrogen and oxygen atoms in total. The van der Waals surface area contributed by atoms with Crippen LogP contribution in [0, 0.1) is 5.82 Å². The van der Waals surface area contributed by atoms with Gasteiger partial charge in [-0.1, -0.05) is 6.92 Å². The van der Waals surface area contributed by atoms with Crippen LogP contribution in [0.15, 0.2) is 29.3 Å². The number of hydrogen-bond donors (Lipinski definition) is 3. The Morgan fingerprint density at radius 1 is 1.31 bits per heavy atom. The molecule has 1 atom stereocenters. The monoisotopic (exact) mass is 441 g/mol. The molecule has 0 radical (unpaired) electrons. The number of pyridine rings is 1. The molecule has 0 spiro atoms. The standard InChI is InChI=1S/C22H28FN7O2/c1-5-17(12(4)24)27-21-16(23)11-15(19(25)31)20(28-21)26-13-8-9-18-14(10-13)22(32-7-3)29-30(18)6-2/h8-12H,5-7,24H2,1-4H3,(H2,25,31)(H,26,28)/b27-17+/t12-/m0/s1. The smallest absolute Gasteiger partial charge is 0.252 e. The zero-order valence-corrected chi connectivity index (χ0v) is 18.6. The number of aromatic nitrogens is 3. The van der Waals surface area contributed by atoms with Gasteiger partial charge in [-0.2, -0.15) is 0 Å². The minimum Gasteiger partial charge on any atom is -0.476 e. The van der Waals surface area contributed by atoms with Crippen molar-refractivity contribution in [3.8, 4) is 5.88 Å². The number of nitrogens with zero attached hydrogens (tertiary/aromatic N) is 4. The molecular weight excluding hydrogens is 413 g/mol. The van der Waals surface area contributed by atoms with E-state index < -0.39 is 11.7 Å². The van der Waals surface area contributed by atoms with E-state index in [2.05, 4.69) is 20.4 Å². The highest BCUT2D eigenvalue weighted by molar-refractivity contribution is 5.99. The molecule has 0 unspecified atom stereocenters. The number of fused-ring (bicyclic) bond motifs is 1. The molecular formula is C22H28FN7O2. The molecule has 10 heteroatoms. The van der Waals surface area contributed by atoms with Gasteiger partial charge in [0.1, 0.15) is 5.82 Å². The van der Waals surface area contributed by atoms with Crippen LogP contribution in [0.2, 0.25) is 0 Å². The van der Waals surface area contributed by atoms with Gasteiger partial charge < -0.3 is 21.5 Å². The topological polar surface area (TPSA) is 133 Å². The predicted octanol–water partition coefficient (Wildman–Crippen LogP) is 3.66. The van der Waals surface area contributed by atoms with Gasteiger partial charge in [-0.25, -0.2) is 14.4 Å². The van der Waals surface area contributed by atoms with Crippen LogP contribution in [-0.4, -0.2) is 39.0 Å². The van der Waals surface area contributed by atoms with Crippen LogP contribution in [0.25, 0.3) is 10.9 Å². The molecule has 0 aliphatic carbocycles. The maximum Gasteiger partial charge on any atom is 0.252 e. The van der Waals surface area contributed by atoms with Crippen molar-refractivity contribution in [1.29, 1.82) is 0 Å². The maximum absolute atomic E-state index is 14.6. The van der Waals surface area contributed by atoms with Crippen LogP contribution >= 0.6 is 0 Å². The van der Waals surface area contributed by atoms with Crippen molar-refractivity contribution < 1.29 is 13.9 Å². The van der Waals surface area contributed by atoms with Crippen molar-refractivity contribution in [3.63, 3.8) is 0 Å². The van der Waals surface area contributed by atoms with Crippen LogP contribution in [0.5, 0.6) is 5.88 Å². The number of nitrogens with two attached hydrogens (primary N) is 2. The van der Waals surface area contributed by atoms with E-state index in [4.69, 9.17) is 16.2 Å². The zero-order valence-electron chi connectivity index (χ0n) is 18.6. The van der Waals surface area contributed by atoms with E-state index in [-0.39, 0.29) is 23.2 Å². The van der Waals surface area contributed by atoms with E-state index >= 15 is 0 Å². The minimum atomic E-state index is -0.813. The number of halogens is 1. The number of benzene rings is 1. The van der Waals surface area contributed by atoms with Gasteiger partial charge in [0, 0.05) is 24.0 Å². The van der Waals surface area contributed by atoms with E-state index in [1.165, 1.54) is 0 Å². The van der Waals surface area contributed by atoms with Gasteiger partial charge in [0.05, 0.1) is 23.1 Å². The third-order valence-corrected chi connectivity index (χ3v) is 4.92. The van der Waals surface area contributed by atoms with Gasteiger partial charge in [0.25, 0.3) is 5.91 Å². The summed E-state index contributed by atoms with van der Waals surface area (Å²) >= 11 is 0. The molecule has 5 N–H and O–H groups in total. The molecule has 0 aliphatic rings. The van der Waals surface area contributed by atoms with Crippen LogP contribution in [-0.2, 0) is 6.54 Å². The Morgan fingerprint density at radius 2 is 2.06 bits per heavy atom. The highest BCUT2D eigenvalue weighted by atomic mass is 19.1. The van der Waals surface area contributed by atoms with E-state index in [1.54, 1.807) is 6.92 Å². The summed E-state index contributed by atoms with van der Waals surface area (Å²) < 4.78 is 22.1. The molecule has 0 bridgehead atoms. The van der Waals surface area contributed by atoms with Crippen LogP contribution in [0.1, 0.15) is 44.5 Å². The van der Waals surface area contributed by atoms with E-state index in [0.29, 0.717) is 36.9 Å². The Hall–Kier alpha value is -3.53. The average molecular weight is 442 g/mol. The number of carbonyl (C=O) groups is 1. The van der Waals surface area contributed by atoms with Crippen molar-refractivity contribution in [1.82, 2.24) is 14.8 Å². The van der Waals surface area contributed by atoms with Crippen molar-refractivity contribution in [3.05, 3.63) is 35.6 Å². The number of rotatable bonds is 9. The molecule has 3 aromatic rings. The minimum absolute atomic E-state index is 0.0883. The molecule has 0 saturated heterocycles. The quantitative estimate of drug-likeness (QED) is 0.434. The number of hydrogen-bond acceptors (Lipinski definition) is 7. The first-order chi connectivity index (χ1) is 15.3. The normalized spacial score (nSPS) is 12.8. The summed E-state index contributed by atoms with van der Waals surface area (Å²) in [7, 11) is 0. The summed E-state index contributed by atoms with van der Waals surface area (Å²) in [6, 6.07) is 6.20. The van der Waals surface area contributed by atoms with Crippen LogP contribution in [0.3, 0.4) is 0 Å². The molecule has 170 valence electrons. The molecule has 0 aliphatic heterocycles. The van der Waals surface area contributed by atoms with E-state index in [1.807, 2.05) is 43.7 Å². The number of carbonyl (C=O) groups excluding carboxylic acids is 1. The third kappa shape index (κ3) is 4.70. The first-order valence-electron chi connectivity index (χ1n) is 10.5. The zero-order chi connectivity index (χ0) is 23.4. The Bertz CT molecular complexity index is 1170. The van der Waals surface area contributed by atoms with Crippen molar-refractivity contribution >= 4 is 39.8 Å². The average Bonchev–Trinajstić information content (AvgIpc) is 3.10. The van der Waals surface area contributed by atoms with Crippen molar-refractivity contribution in [2.45, 2.75) is 46.7 Å². The largest absolute Gasteiger partial charge is 0.476 e. The number of primary amides is 1. The molecule has 1 aromatic carbocycles. The number of amides is 1. The molecule has 1 amide bonds. The summed E-state index contributed by atoms with van der Waals surface area (Å²) in [5, 5.41) is 8.33. The molecule has 2 aromatic heterocycles. The highest BCUT2D eigenvalue weighted by Crippen LogP contribution is 2.31. The summed E-state index contributed by atoms with van der Waals surface area (Å²) in [5.41, 5.74) is 13.4. The molecule has 0 saturated carbocycles. The van der Waals surface area contributed by atoms with Gasteiger partial charge in [0.15, 0.2) is 11.6 Å². The summed E-state index contributed by atoms with van der Waals surface area (Å²) in [6.07, 6.45) is 0.539. The van der Waals surface area contributed by atoms with E-state index in [9.17, 15) is 9.18 Å². The van der Waals surface area contributed by atoms with Crippen molar-refractivity contribution in [2.24, 2.45) is 16.5 Å². The molecule has 2 heterocycles. The van der Waals surface area contributed by atoms with E-state index in [0.717, 1.165) is 17.0 Å². The second-order valence-electron chi connectivity index (χ2n) is 7.21.